The van der Waals surface area contributed by atoms with Gasteiger partial charge in [0.2, 0.25) is 0 Å². The van der Waals surface area contributed by atoms with Gasteiger partial charge in [0.15, 0.2) is 11.5 Å². The second kappa shape index (κ2) is 7.41. The van der Waals surface area contributed by atoms with E-state index < -0.39 is 23.2 Å². The smallest absolute Gasteiger partial charge is 0.306 e. The maximum absolute atomic E-state index is 12.7. The van der Waals surface area contributed by atoms with Crippen molar-refractivity contribution in [2.75, 3.05) is 6.61 Å². The second-order valence-electron chi connectivity index (χ2n) is 6.07. The van der Waals surface area contributed by atoms with Crippen LogP contribution in [0.15, 0.2) is 47.3 Å². The van der Waals surface area contributed by atoms with E-state index in [0.717, 1.165) is 0 Å². The van der Waals surface area contributed by atoms with Gasteiger partial charge in [-0.15, -0.1) is 0 Å². The van der Waals surface area contributed by atoms with Crippen molar-refractivity contribution in [2.45, 2.75) is 19.3 Å². The Hall–Kier alpha value is -3.48. The zero-order chi connectivity index (χ0) is 19.6. The van der Waals surface area contributed by atoms with Crippen molar-refractivity contribution in [2.24, 2.45) is 0 Å². The van der Waals surface area contributed by atoms with Crippen LogP contribution >= 0.6 is 0 Å². The number of aromatic hydroxyl groups is 3. The molecule has 0 amide bonds. The lowest BCUT2D eigenvalue weighted by Gasteiger charge is -2.19. The SMILES string of the molecule is CCOC(=O)C[C@@H](c1ccc(O)c(O)c1)c1c(O)c2ccccc2[nH]c1=O. The molecule has 0 bridgehead atoms. The monoisotopic (exact) mass is 369 g/mol. The van der Waals surface area contributed by atoms with Gasteiger partial charge in [0.25, 0.3) is 5.56 Å². The summed E-state index contributed by atoms with van der Waals surface area (Å²) in [5.41, 5.74) is 0.293. The molecule has 3 aromatic rings. The van der Waals surface area contributed by atoms with Crippen LogP contribution in [0.4, 0.5) is 0 Å². The number of phenolic OH excluding ortho intramolecular Hbond substituents is 2. The molecule has 0 fully saturated rings. The average Bonchev–Trinajstić information content (AvgIpc) is 2.63. The fourth-order valence-electron chi connectivity index (χ4n) is 3.09. The highest BCUT2D eigenvalue weighted by Crippen LogP contribution is 2.38. The molecular formula is C20H19NO6. The highest BCUT2D eigenvalue weighted by Gasteiger charge is 2.27. The van der Waals surface area contributed by atoms with Gasteiger partial charge in [-0.1, -0.05) is 18.2 Å². The number of esters is 1. The van der Waals surface area contributed by atoms with Crippen LogP contribution in [0.25, 0.3) is 10.9 Å². The van der Waals surface area contributed by atoms with Gasteiger partial charge in [0.1, 0.15) is 5.75 Å². The van der Waals surface area contributed by atoms with E-state index in [1.165, 1.54) is 18.2 Å². The lowest BCUT2D eigenvalue weighted by Crippen LogP contribution is -2.20. The number of benzene rings is 2. The molecule has 0 saturated heterocycles. The van der Waals surface area contributed by atoms with Gasteiger partial charge < -0.3 is 25.0 Å². The molecule has 0 saturated carbocycles. The van der Waals surface area contributed by atoms with E-state index >= 15 is 0 Å². The van der Waals surface area contributed by atoms with Gasteiger partial charge in [-0.2, -0.15) is 0 Å². The molecule has 0 aliphatic carbocycles. The number of aromatic amines is 1. The number of ether oxygens (including phenoxy) is 1. The minimum Gasteiger partial charge on any atom is -0.507 e. The van der Waals surface area contributed by atoms with Crippen LogP contribution in [0.1, 0.15) is 30.4 Å². The molecule has 27 heavy (non-hydrogen) atoms. The third kappa shape index (κ3) is 3.57. The van der Waals surface area contributed by atoms with Gasteiger partial charge in [-0.05, 0) is 36.8 Å². The summed E-state index contributed by atoms with van der Waals surface area (Å²) in [4.78, 5) is 27.5. The number of aromatic nitrogens is 1. The predicted molar refractivity (Wildman–Crippen MR) is 99.1 cm³/mol. The number of rotatable bonds is 5. The fourth-order valence-corrected chi connectivity index (χ4v) is 3.09. The van der Waals surface area contributed by atoms with E-state index in [4.69, 9.17) is 4.74 Å². The number of para-hydroxylation sites is 1. The molecule has 0 unspecified atom stereocenters. The number of hydrogen-bond donors (Lipinski definition) is 4. The Labute approximate surface area is 154 Å². The molecule has 1 heterocycles. The Morgan fingerprint density at radius 2 is 1.85 bits per heavy atom. The Morgan fingerprint density at radius 3 is 2.56 bits per heavy atom. The summed E-state index contributed by atoms with van der Waals surface area (Å²) in [6, 6.07) is 10.8. The topological polar surface area (TPSA) is 120 Å². The summed E-state index contributed by atoms with van der Waals surface area (Å²) >= 11 is 0. The summed E-state index contributed by atoms with van der Waals surface area (Å²) in [6.07, 6.45) is -0.215. The van der Waals surface area contributed by atoms with E-state index in [0.29, 0.717) is 16.5 Å². The minimum absolute atomic E-state index is 0.00755. The van der Waals surface area contributed by atoms with Crippen molar-refractivity contribution in [1.82, 2.24) is 4.98 Å². The molecule has 3 rings (SSSR count). The molecule has 1 atom stereocenters. The van der Waals surface area contributed by atoms with E-state index in [1.54, 1.807) is 31.2 Å². The molecule has 1 aromatic heterocycles. The number of H-pyrrole nitrogens is 1. The number of hydrogen-bond acceptors (Lipinski definition) is 6. The molecule has 0 aliphatic heterocycles. The molecule has 0 radical (unpaired) electrons. The largest absolute Gasteiger partial charge is 0.507 e. The second-order valence-corrected chi connectivity index (χ2v) is 6.07. The van der Waals surface area contributed by atoms with Crippen LogP contribution in [0.5, 0.6) is 17.2 Å². The standard InChI is InChI=1S/C20H19NO6/c1-2-27-17(24)10-13(11-7-8-15(22)16(23)9-11)18-19(25)12-5-3-4-6-14(12)21-20(18)26/h3-9,13,22-23H,2,10H2,1H3,(H2,21,25,26)/t13-/m0/s1. The van der Waals surface area contributed by atoms with Crippen molar-refractivity contribution >= 4 is 16.9 Å². The highest BCUT2D eigenvalue weighted by atomic mass is 16.5. The van der Waals surface area contributed by atoms with Gasteiger partial charge in [0.05, 0.1) is 24.1 Å². The normalized spacial score (nSPS) is 12.0. The fraction of sp³-hybridized carbons (Fsp3) is 0.200. The van der Waals surface area contributed by atoms with E-state index in [2.05, 4.69) is 4.98 Å². The first-order valence-corrected chi connectivity index (χ1v) is 8.43. The summed E-state index contributed by atoms with van der Waals surface area (Å²) in [7, 11) is 0. The Bertz CT molecular complexity index is 1060. The molecule has 4 N–H and O–H groups in total. The number of pyridine rings is 1. The van der Waals surface area contributed by atoms with Crippen LogP contribution in [0.2, 0.25) is 0 Å². The van der Waals surface area contributed by atoms with Crippen molar-refractivity contribution in [1.29, 1.82) is 0 Å². The van der Waals surface area contributed by atoms with E-state index in [1.807, 2.05) is 0 Å². The summed E-state index contributed by atoms with van der Waals surface area (Å²) in [5.74, 6) is -2.38. The molecule has 0 aliphatic rings. The van der Waals surface area contributed by atoms with Gasteiger partial charge >= 0.3 is 5.97 Å². The van der Waals surface area contributed by atoms with Crippen molar-refractivity contribution < 1.29 is 24.9 Å². The van der Waals surface area contributed by atoms with Crippen LogP contribution < -0.4 is 5.56 Å². The molecule has 7 nitrogen and oxygen atoms in total. The van der Waals surface area contributed by atoms with Crippen molar-refractivity contribution in [3.8, 4) is 17.2 Å². The number of nitrogens with one attached hydrogen (secondary N) is 1. The van der Waals surface area contributed by atoms with Crippen LogP contribution in [-0.4, -0.2) is 32.9 Å². The molecule has 7 heteroatoms. The summed E-state index contributed by atoms with van der Waals surface area (Å²) < 4.78 is 4.99. The average molecular weight is 369 g/mol. The maximum Gasteiger partial charge on any atom is 0.306 e. The highest BCUT2D eigenvalue weighted by molar-refractivity contribution is 5.86. The van der Waals surface area contributed by atoms with Crippen molar-refractivity contribution in [3.63, 3.8) is 0 Å². The Balaban J connectivity index is 2.21. The third-order valence-electron chi connectivity index (χ3n) is 4.36. The number of carbonyl (C=O) groups excluding carboxylic acids is 1. The van der Waals surface area contributed by atoms with Crippen LogP contribution in [0, 0.1) is 0 Å². The third-order valence-corrected chi connectivity index (χ3v) is 4.36. The molecule has 2 aromatic carbocycles. The van der Waals surface area contributed by atoms with Gasteiger partial charge in [0, 0.05) is 11.3 Å². The van der Waals surface area contributed by atoms with E-state index in [-0.39, 0.29) is 30.1 Å². The predicted octanol–water partition coefficient (Wildman–Crippen LogP) is 2.73. The number of carbonyl (C=O) groups is 1. The first kappa shape index (κ1) is 18.3. The lowest BCUT2D eigenvalue weighted by atomic mass is 9.87. The van der Waals surface area contributed by atoms with Crippen molar-refractivity contribution in [3.05, 3.63) is 63.9 Å². The van der Waals surface area contributed by atoms with Gasteiger partial charge in [-0.3, -0.25) is 9.59 Å². The molecule has 0 spiro atoms. The lowest BCUT2D eigenvalue weighted by molar-refractivity contribution is -0.143. The first-order chi connectivity index (χ1) is 12.9. The van der Waals surface area contributed by atoms with Gasteiger partial charge in [-0.25, -0.2) is 0 Å². The minimum atomic E-state index is -0.871. The first-order valence-electron chi connectivity index (χ1n) is 8.43. The molecule has 140 valence electrons. The summed E-state index contributed by atoms with van der Waals surface area (Å²) in [6.45, 7) is 1.84. The maximum atomic E-state index is 12.7. The van der Waals surface area contributed by atoms with Crippen LogP contribution in [-0.2, 0) is 9.53 Å². The number of fused-ring (bicyclic) bond motifs is 1. The quantitative estimate of drug-likeness (QED) is 0.405. The number of phenols is 2. The van der Waals surface area contributed by atoms with E-state index in [9.17, 15) is 24.9 Å². The Morgan fingerprint density at radius 1 is 1.11 bits per heavy atom. The zero-order valence-corrected chi connectivity index (χ0v) is 14.6. The molecular weight excluding hydrogens is 350 g/mol. The Kier molecular flexibility index (Phi) is 5.03. The zero-order valence-electron chi connectivity index (χ0n) is 14.6. The summed E-state index contributed by atoms with van der Waals surface area (Å²) in [5, 5.41) is 30.6. The van der Waals surface area contributed by atoms with Crippen LogP contribution in [0.3, 0.4) is 0 Å².